The monoisotopic (exact) mass is 332 g/mol. The van der Waals surface area contributed by atoms with Gasteiger partial charge in [-0.3, -0.25) is 4.79 Å². The zero-order valence-electron chi connectivity index (χ0n) is 13.7. The predicted octanol–water partition coefficient (Wildman–Crippen LogP) is 2.39. The molecule has 3 rings (SSSR count). The molecule has 0 N–H and O–H groups in total. The van der Waals surface area contributed by atoms with Crippen LogP contribution >= 0.6 is 0 Å². The lowest BCUT2D eigenvalue weighted by Gasteiger charge is -2.26. The first-order valence-electron chi connectivity index (χ1n) is 8.03. The van der Waals surface area contributed by atoms with Crippen molar-refractivity contribution in [1.82, 2.24) is 0 Å². The number of ether oxygens (including phenoxy) is 2. The first-order valence-corrected chi connectivity index (χ1v) is 8.03. The van der Waals surface area contributed by atoms with Gasteiger partial charge in [0.2, 0.25) is 0 Å². The lowest BCUT2D eigenvalue weighted by atomic mass is 9.87. The van der Waals surface area contributed by atoms with E-state index in [2.05, 4.69) is 6.58 Å². The highest BCUT2D eigenvalue weighted by Crippen LogP contribution is 2.50. The Bertz CT molecular complexity index is 746. The summed E-state index contributed by atoms with van der Waals surface area (Å²) in [5.74, 6) is -0.00506. The number of hydrogen-bond donors (Lipinski definition) is 0. The van der Waals surface area contributed by atoms with E-state index in [1.54, 1.807) is 13.8 Å². The molecule has 4 atom stereocenters. The van der Waals surface area contributed by atoms with Gasteiger partial charge in [-0.25, -0.2) is 9.59 Å². The summed E-state index contributed by atoms with van der Waals surface area (Å²) >= 11 is 0. The molecule has 4 unspecified atom stereocenters. The van der Waals surface area contributed by atoms with Crippen molar-refractivity contribution in [2.24, 2.45) is 17.8 Å². The molecule has 2 bridgehead atoms. The van der Waals surface area contributed by atoms with Crippen LogP contribution in [0.5, 0.6) is 5.75 Å². The fraction of sp³-hybridized carbons (Fsp3) is 0.500. The van der Waals surface area contributed by atoms with Crippen molar-refractivity contribution in [3.8, 4) is 5.75 Å². The summed E-state index contributed by atoms with van der Waals surface area (Å²) < 4.78 is 15.6. The highest BCUT2D eigenvalue weighted by atomic mass is 16.5. The van der Waals surface area contributed by atoms with Crippen LogP contribution in [0, 0.1) is 24.7 Å². The summed E-state index contributed by atoms with van der Waals surface area (Å²) in [6.45, 7) is 6.82. The minimum absolute atomic E-state index is 0.144. The fourth-order valence-electron chi connectivity index (χ4n) is 3.72. The second-order valence-electron chi connectivity index (χ2n) is 6.70. The number of rotatable bonds is 4. The SMILES string of the molecule is C=C(C)C(=O)OC1CC2CC1CC2C(=O)Oc1cc(C)oc(=O)c1. The molecule has 2 fully saturated rings. The number of carbonyl (C=O) groups is 2. The Morgan fingerprint density at radius 1 is 1.21 bits per heavy atom. The number of aryl methyl sites for hydroxylation is 1. The molecule has 1 aromatic rings. The zero-order chi connectivity index (χ0) is 17.4. The average Bonchev–Trinajstić information content (AvgIpc) is 3.05. The summed E-state index contributed by atoms with van der Waals surface area (Å²) in [5, 5.41) is 0. The van der Waals surface area contributed by atoms with Crippen molar-refractivity contribution in [1.29, 1.82) is 0 Å². The normalized spacial score (nSPS) is 27.8. The van der Waals surface area contributed by atoms with Gasteiger partial charge in [0.25, 0.3) is 0 Å². The zero-order valence-corrected chi connectivity index (χ0v) is 13.7. The molecule has 1 aromatic heterocycles. The first-order chi connectivity index (χ1) is 11.3. The minimum atomic E-state index is -0.544. The predicted molar refractivity (Wildman–Crippen MR) is 84.4 cm³/mol. The van der Waals surface area contributed by atoms with Crippen LogP contribution in [0.3, 0.4) is 0 Å². The van der Waals surface area contributed by atoms with Crippen molar-refractivity contribution < 1.29 is 23.5 Å². The topological polar surface area (TPSA) is 82.8 Å². The maximum Gasteiger partial charge on any atom is 0.339 e. The van der Waals surface area contributed by atoms with Gasteiger partial charge < -0.3 is 13.9 Å². The van der Waals surface area contributed by atoms with E-state index in [0.29, 0.717) is 24.2 Å². The Morgan fingerprint density at radius 3 is 2.54 bits per heavy atom. The summed E-state index contributed by atoms with van der Waals surface area (Å²) in [6.07, 6.45) is 2.01. The van der Waals surface area contributed by atoms with Crippen molar-refractivity contribution in [2.45, 2.75) is 39.2 Å². The van der Waals surface area contributed by atoms with Gasteiger partial charge in [0.15, 0.2) is 0 Å². The molecule has 24 heavy (non-hydrogen) atoms. The maximum absolute atomic E-state index is 12.4. The largest absolute Gasteiger partial charge is 0.459 e. The van der Waals surface area contributed by atoms with Gasteiger partial charge >= 0.3 is 17.6 Å². The van der Waals surface area contributed by atoms with Gasteiger partial charge in [-0.15, -0.1) is 0 Å². The van der Waals surface area contributed by atoms with Gasteiger partial charge in [0.05, 0.1) is 12.0 Å². The molecule has 0 radical (unpaired) electrons. The quantitative estimate of drug-likeness (QED) is 0.622. The van der Waals surface area contributed by atoms with E-state index in [4.69, 9.17) is 13.9 Å². The summed E-state index contributed by atoms with van der Waals surface area (Å²) in [4.78, 5) is 35.4. The van der Waals surface area contributed by atoms with Gasteiger partial charge in [-0.1, -0.05) is 6.58 Å². The van der Waals surface area contributed by atoms with E-state index in [-0.39, 0.29) is 41.5 Å². The minimum Gasteiger partial charge on any atom is -0.459 e. The molecule has 128 valence electrons. The third-order valence-electron chi connectivity index (χ3n) is 4.79. The number of fused-ring (bicyclic) bond motifs is 2. The molecule has 6 heteroatoms. The molecule has 1 heterocycles. The second-order valence-corrected chi connectivity index (χ2v) is 6.70. The van der Waals surface area contributed by atoms with Crippen LogP contribution in [0.2, 0.25) is 0 Å². The van der Waals surface area contributed by atoms with E-state index >= 15 is 0 Å². The second kappa shape index (κ2) is 6.26. The molecule has 6 nitrogen and oxygen atoms in total. The maximum atomic E-state index is 12.4. The fourth-order valence-corrected chi connectivity index (χ4v) is 3.72. The van der Waals surface area contributed by atoms with Crippen molar-refractivity contribution >= 4 is 11.9 Å². The summed E-state index contributed by atoms with van der Waals surface area (Å²) in [5.41, 5.74) is -0.162. The molecule has 0 spiro atoms. The van der Waals surface area contributed by atoms with Crippen LogP contribution in [-0.4, -0.2) is 18.0 Å². The molecule has 0 aliphatic heterocycles. The summed E-state index contributed by atoms with van der Waals surface area (Å²) in [6, 6.07) is 2.68. The number of esters is 2. The Hall–Kier alpha value is -2.37. The summed E-state index contributed by atoms with van der Waals surface area (Å²) in [7, 11) is 0. The molecular formula is C18H20O6. The smallest absolute Gasteiger partial charge is 0.339 e. The molecule has 0 saturated heterocycles. The van der Waals surface area contributed by atoms with Crippen molar-refractivity contribution in [3.05, 3.63) is 40.5 Å². The van der Waals surface area contributed by atoms with E-state index in [0.717, 1.165) is 12.5 Å². The highest BCUT2D eigenvalue weighted by molar-refractivity contribution is 5.87. The average molecular weight is 332 g/mol. The molecule has 0 aromatic carbocycles. The molecule has 2 aliphatic carbocycles. The van der Waals surface area contributed by atoms with E-state index in [9.17, 15) is 14.4 Å². The number of hydrogen-bond acceptors (Lipinski definition) is 6. The van der Waals surface area contributed by atoms with Crippen LogP contribution in [0.25, 0.3) is 0 Å². The molecular weight excluding hydrogens is 312 g/mol. The van der Waals surface area contributed by atoms with E-state index < -0.39 is 5.63 Å². The van der Waals surface area contributed by atoms with Crippen LogP contribution in [-0.2, 0) is 14.3 Å². The van der Waals surface area contributed by atoms with Crippen molar-refractivity contribution in [3.63, 3.8) is 0 Å². The third-order valence-corrected chi connectivity index (χ3v) is 4.79. The van der Waals surface area contributed by atoms with E-state index in [1.165, 1.54) is 6.07 Å². The van der Waals surface area contributed by atoms with Crippen molar-refractivity contribution in [2.75, 3.05) is 0 Å². The lowest BCUT2D eigenvalue weighted by Crippen LogP contribution is -2.32. The van der Waals surface area contributed by atoms with Crippen LogP contribution in [0.1, 0.15) is 31.9 Å². The third kappa shape index (κ3) is 3.27. The number of carbonyl (C=O) groups excluding carboxylic acids is 2. The van der Waals surface area contributed by atoms with Gasteiger partial charge in [0.1, 0.15) is 17.6 Å². The molecule has 2 aliphatic rings. The Morgan fingerprint density at radius 2 is 1.96 bits per heavy atom. The standard InChI is InChI=1S/C18H20O6/c1-9(2)17(20)24-15-7-11-5-12(15)6-14(11)18(21)23-13-4-10(3)22-16(19)8-13/h4,8,11-12,14-15H,1,5-7H2,2-3H3. The van der Waals surface area contributed by atoms with Crippen LogP contribution in [0.4, 0.5) is 0 Å². The van der Waals surface area contributed by atoms with Crippen LogP contribution < -0.4 is 10.4 Å². The van der Waals surface area contributed by atoms with E-state index in [1.807, 2.05) is 0 Å². The lowest BCUT2D eigenvalue weighted by molar-refractivity contribution is -0.148. The van der Waals surface area contributed by atoms with Gasteiger partial charge in [0, 0.05) is 11.6 Å². The Balaban J connectivity index is 1.61. The Labute approximate surface area is 139 Å². The van der Waals surface area contributed by atoms with Crippen LogP contribution in [0.15, 0.2) is 33.5 Å². The highest BCUT2D eigenvalue weighted by Gasteiger charge is 2.50. The van der Waals surface area contributed by atoms with Gasteiger partial charge in [-0.05, 0) is 44.9 Å². The Kier molecular flexibility index (Phi) is 4.30. The molecule has 2 saturated carbocycles. The first kappa shape index (κ1) is 16.5. The molecule has 0 amide bonds. The van der Waals surface area contributed by atoms with Gasteiger partial charge in [-0.2, -0.15) is 0 Å².